The van der Waals surface area contributed by atoms with Crippen LogP contribution in [0.2, 0.25) is 0 Å². The molecule has 5 unspecified atom stereocenters. The van der Waals surface area contributed by atoms with Gasteiger partial charge in [-0.1, -0.05) is 5.73 Å². The van der Waals surface area contributed by atoms with Gasteiger partial charge in [-0.25, -0.2) is 4.57 Å². The molecular weight excluding hydrogens is 272 g/mol. The first-order chi connectivity index (χ1) is 8.31. The molecule has 2 rings (SSSR count). The molecule has 0 aromatic heterocycles. The lowest BCUT2D eigenvalue weighted by atomic mass is 9.80. The number of hydrogen-bond donors (Lipinski definition) is 2. The minimum Gasteiger partial charge on any atom is -0.394 e. The average molecular weight is 280 g/mol. The SMILES string of the molecule is [B]C1OC(CO)C2OP(=O)(O)OC12C=C=C(F)F. The molecule has 0 bridgehead atoms. The van der Waals surface area contributed by atoms with Gasteiger partial charge in [0.2, 0.25) is 0 Å². The maximum Gasteiger partial charge on any atom is 0.473 e. The summed E-state index contributed by atoms with van der Waals surface area (Å²) < 4.78 is 49.9. The molecule has 2 saturated heterocycles. The third-order valence-corrected chi connectivity index (χ3v) is 3.70. The zero-order chi connectivity index (χ0) is 13.6. The molecule has 6 nitrogen and oxygen atoms in total. The topological polar surface area (TPSA) is 85.2 Å². The first kappa shape index (κ1) is 13.9. The first-order valence-electron chi connectivity index (χ1n) is 4.83. The van der Waals surface area contributed by atoms with Crippen LogP contribution in [0.1, 0.15) is 0 Å². The highest BCUT2D eigenvalue weighted by Crippen LogP contribution is 2.61. The Morgan fingerprint density at radius 3 is 2.83 bits per heavy atom. The predicted octanol–water partition coefficient (Wildman–Crippen LogP) is 0.0622. The van der Waals surface area contributed by atoms with Gasteiger partial charge in [0.05, 0.1) is 12.6 Å². The largest absolute Gasteiger partial charge is 0.473 e. The molecule has 0 aromatic carbocycles. The lowest BCUT2D eigenvalue weighted by Crippen LogP contribution is -2.44. The van der Waals surface area contributed by atoms with Crippen LogP contribution in [0, 0.1) is 0 Å². The number of fused-ring (bicyclic) bond motifs is 1. The number of phosphoric ester groups is 1. The quantitative estimate of drug-likeness (QED) is 0.422. The third kappa shape index (κ3) is 2.19. The lowest BCUT2D eigenvalue weighted by molar-refractivity contribution is -0.00512. The van der Waals surface area contributed by atoms with Crippen LogP contribution in [0.15, 0.2) is 17.9 Å². The van der Waals surface area contributed by atoms with E-state index in [1.165, 1.54) is 0 Å². The van der Waals surface area contributed by atoms with Gasteiger partial charge in [0.15, 0.2) is 5.60 Å². The van der Waals surface area contributed by atoms with E-state index in [0.717, 1.165) is 0 Å². The second-order valence-electron chi connectivity index (χ2n) is 3.77. The van der Waals surface area contributed by atoms with Crippen LogP contribution in [-0.2, 0) is 18.3 Å². The molecule has 0 saturated carbocycles. The number of aliphatic hydroxyl groups excluding tert-OH is 1. The Kier molecular flexibility index (Phi) is 3.51. The van der Waals surface area contributed by atoms with Crippen molar-refractivity contribution in [2.24, 2.45) is 0 Å². The lowest BCUT2D eigenvalue weighted by Gasteiger charge is -2.23. The number of hydrogen-bond acceptors (Lipinski definition) is 5. The summed E-state index contributed by atoms with van der Waals surface area (Å²) in [6.07, 6.45) is -3.79. The number of phosphoric acid groups is 1. The fraction of sp³-hybridized carbons (Fsp3) is 0.625. The highest BCUT2D eigenvalue weighted by Gasteiger charge is 2.64. The Bertz CT molecular complexity index is 463. The van der Waals surface area contributed by atoms with Crippen molar-refractivity contribution in [1.29, 1.82) is 0 Å². The Morgan fingerprint density at radius 1 is 1.61 bits per heavy atom. The molecule has 2 radical (unpaired) electrons. The van der Waals surface area contributed by atoms with Crippen molar-refractivity contribution in [3.05, 3.63) is 17.9 Å². The van der Waals surface area contributed by atoms with Crippen LogP contribution in [0.5, 0.6) is 0 Å². The molecule has 0 spiro atoms. The highest BCUT2D eigenvalue weighted by molar-refractivity contribution is 7.47. The fourth-order valence-corrected chi connectivity index (χ4v) is 3.22. The van der Waals surface area contributed by atoms with E-state index in [1.807, 2.05) is 0 Å². The van der Waals surface area contributed by atoms with Gasteiger partial charge >= 0.3 is 13.9 Å². The summed E-state index contributed by atoms with van der Waals surface area (Å²) in [5.74, 6) is 0. The Morgan fingerprint density at radius 2 is 2.28 bits per heavy atom. The molecule has 0 aromatic rings. The summed E-state index contributed by atoms with van der Waals surface area (Å²) in [6, 6.07) is -1.34. The van der Waals surface area contributed by atoms with Gasteiger partial charge in [-0.3, -0.25) is 9.05 Å². The van der Waals surface area contributed by atoms with Gasteiger partial charge < -0.3 is 14.7 Å². The summed E-state index contributed by atoms with van der Waals surface area (Å²) >= 11 is 0. The van der Waals surface area contributed by atoms with Gasteiger partial charge in [-0.15, -0.1) is 0 Å². The molecule has 2 aliphatic heterocycles. The van der Waals surface area contributed by atoms with Crippen molar-refractivity contribution < 1.29 is 37.1 Å². The van der Waals surface area contributed by atoms with Gasteiger partial charge in [0.1, 0.15) is 20.1 Å². The van der Waals surface area contributed by atoms with E-state index in [0.29, 0.717) is 6.08 Å². The molecular formula is C8H8BF2O6P. The number of rotatable bonds is 2. The number of aliphatic hydroxyl groups is 1. The second kappa shape index (κ2) is 4.54. The fourth-order valence-electron chi connectivity index (χ4n) is 1.93. The van der Waals surface area contributed by atoms with Crippen LogP contribution in [0.25, 0.3) is 0 Å². The van der Waals surface area contributed by atoms with Gasteiger partial charge in [-0.05, 0) is 0 Å². The van der Waals surface area contributed by atoms with Crippen LogP contribution in [0.3, 0.4) is 0 Å². The third-order valence-electron chi connectivity index (χ3n) is 2.66. The van der Waals surface area contributed by atoms with E-state index in [1.54, 1.807) is 5.73 Å². The normalized spacial score (nSPS) is 46.6. The monoisotopic (exact) mass is 280 g/mol. The summed E-state index contributed by atoms with van der Waals surface area (Å²) in [4.78, 5) is 9.24. The zero-order valence-corrected chi connectivity index (χ0v) is 9.72. The number of ether oxygens (including phenoxy) is 1. The van der Waals surface area contributed by atoms with Gasteiger partial charge in [-0.2, -0.15) is 8.78 Å². The van der Waals surface area contributed by atoms with E-state index in [4.69, 9.17) is 22.2 Å². The molecule has 18 heavy (non-hydrogen) atoms. The summed E-state index contributed by atoms with van der Waals surface area (Å²) in [5.41, 5.74) is -0.332. The van der Waals surface area contributed by atoms with Crippen molar-refractivity contribution in [3.8, 4) is 0 Å². The van der Waals surface area contributed by atoms with E-state index < -0.39 is 44.3 Å². The molecule has 10 heteroatoms. The van der Waals surface area contributed by atoms with E-state index in [2.05, 4.69) is 4.52 Å². The van der Waals surface area contributed by atoms with Crippen LogP contribution < -0.4 is 0 Å². The first-order valence-corrected chi connectivity index (χ1v) is 6.33. The molecule has 0 amide bonds. The molecule has 5 atom stereocenters. The molecule has 98 valence electrons. The smallest absolute Gasteiger partial charge is 0.394 e. The van der Waals surface area contributed by atoms with E-state index in [-0.39, 0.29) is 0 Å². The van der Waals surface area contributed by atoms with Gasteiger partial charge in [0, 0.05) is 6.08 Å². The predicted molar refractivity (Wildman–Crippen MR) is 53.8 cm³/mol. The highest BCUT2D eigenvalue weighted by atomic mass is 31.2. The maximum absolute atomic E-state index is 12.1. The molecule has 2 aliphatic rings. The molecule has 2 fully saturated rings. The van der Waals surface area contributed by atoms with Crippen molar-refractivity contribution in [3.63, 3.8) is 0 Å². The van der Waals surface area contributed by atoms with Crippen LogP contribution in [-0.4, -0.2) is 48.3 Å². The van der Waals surface area contributed by atoms with Crippen molar-refractivity contribution in [2.45, 2.75) is 23.8 Å². The maximum atomic E-state index is 12.1. The van der Waals surface area contributed by atoms with Crippen LogP contribution >= 0.6 is 7.82 Å². The standard InChI is InChI=1S/C8H8BF2O6P/c9-7-8(2-1-5(10)11)6(4(3-12)15-7)16-18(13,14)17-8/h2,4,6-7,12H,3H2,(H,13,14). The minimum atomic E-state index is -4.43. The minimum absolute atomic E-state index is 0.570. The summed E-state index contributed by atoms with van der Waals surface area (Å²) in [5, 5.41) is 9.02. The van der Waals surface area contributed by atoms with E-state index in [9.17, 15) is 18.2 Å². The Labute approximate surface area is 102 Å². The van der Waals surface area contributed by atoms with Crippen molar-refractivity contribution >= 4 is 15.7 Å². The van der Waals surface area contributed by atoms with Crippen LogP contribution in [0.4, 0.5) is 8.78 Å². The Balaban J connectivity index is 2.46. The zero-order valence-electron chi connectivity index (χ0n) is 8.82. The summed E-state index contributed by atoms with van der Waals surface area (Å²) in [7, 11) is 1.10. The average Bonchev–Trinajstić information content (AvgIpc) is 2.67. The summed E-state index contributed by atoms with van der Waals surface area (Å²) in [6.45, 7) is -0.570. The van der Waals surface area contributed by atoms with Crippen molar-refractivity contribution in [1.82, 2.24) is 0 Å². The number of halogens is 2. The van der Waals surface area contributed by atoms with Crippen molar-refractivity contribution in [2.75, 3.05) is 6.61 Å². The second-order valence-corrected chi connectivity index (χ2v) is 5.10. The molecule has 2 N–H and O–H groups in total. The van der Waals surface area contributed by atoms with E-state index >= 15 is 0 Å². The Hall–Kier alpha value is -0.525. The molecule has 0 aliphatic carbocycles. The van der Waals surface area contributed by atoms with Gasteiger partial charge in [0.25, 0.3) is 0 Å². The molecule has 2 heterocycles.